The third-order valence-electron chi connectivity index (χ3n) is 3.03. The Morgan fingerprint density at radius 2 is 2.05 bits per heavy atom. The van der Waals surface area contributed by atoms with Crippen LogP contribution < -0.4 is 15.8 Å². The number of carbonyl (C=O) groups is 1. The molecule has 0 aliphatic heterocycles. The molecule has 2 rings (SSSR count). The van der Waals surface area contributed by atoms with Crippen LogP contribution in [0, 0.1) is 0 Å². The summed E-state index contributed by atoms with van der Waals surface area (Å²) in [5.74, 6) is 0.644. The van der Waals surface area contributed by atoms with Crippen LogP contribution >= 0.6 is 0 Å². The second-order valence-corrected chi connectivity index (χ2v) is 5.09. The molecule has 0 radical (unpaired) electrons. The fraction of sp³-hybridized carbons (Fsp3) is 0.312. The van der Waals surface area contributed by atoms with Crippen LogP contribution in [0.15, 0.2) is 36.8 Å². The number of rotatable bonds is 6. The molecule has 6 nitrogen and oxygen atoms in total. The monoisotopic (exact) mass is 300 g/mol. The van der Waals surface area contributed by atoms with E-state index in [9.17, 15) is 4.79 Å². The number of aromatic nitrogens is 2. The minimum absolute atomic E-state index is 0.149. The van der Waals surface area contributed by atoms with E-state index < -0.39 is 0 Å². The van der Waals surface area contributed by atoms with Gasteiger partial charge < -0.3 is 15.8 Å². The van der Waals surface area contributed by atoms with Crippen molar-refractivity contribution in [3.05, 3.63) is 48.0 Å². The first-order chi connectivity index (χ1) is 10.6. The van der Waals surface area contributed by atoms with Crippen molar-refractivity contribution in [1.82, 2.24) is 9.97 Å². The number of carbonyl (C=O) groups excluding carboxylic acids is 1. The molecule has 1 amide bonds. The summed E-state index contributed by atoms with van der Waals surface area (Å²) in [5, 5.41) is 2.84. The first kappa shape index (κ1) is 15.9. The minimum atomic E-state index is -0.222. The van der Waals surface area contributed by atoms with Gasteiger partial charge >= 0.3 is 0 Å². The molecule has 0 saturated carbocycles. The highest BCUT2D eigenvalue weighted by molar-refractivity contribution is 6.04. The summed E-state index contributed by atoms with van der Waals surface area (Å²) < 4.78 is 5.39. The van der Waals surface area contributed by atoms with Crippen molar-refractivity contribution in [2.24, 2.45) is 5.73 Å². The molecule has 0 fully saturated rings. The maximum Gasteiger partial charge on any atom is 0.259 e. The predicted molar refractivity (Wildman–Crippen MR) is 85.1 cm³/mol. The minimum Gasteiger partial charge on any atom is -0.492 e. The molecule has 22 heavy (non-hydrogen) atoms. The average Bonchev–Trinajstić information content (AvgIpc) is 2.54. The van der Waals surface area contributed by atoms with Gasteiger partial charge in [0.25, 0.3) is 5.91 Å². The lowest BCUT2D eigenvalue weighted by molar-refractivity contribution is 0.102. The molecule has 0 bridgehead atoms. The highest BCUT2D eigenvalue weighted by Gasteiger charge is 2.15. The van der Waals surface area contributed by atoms with Crippen molar-refractivity contribution in [2.45, 2.75) is 19.8 Å². The van der Waals surface area contributed by atoms with Gasteiger partial charge in [-0.2, -0.15) is 0 Å². The van der Waals surface area contributed by atoms with Crippen LogP contribution in [0.1, 0.15) is 35.8 Å². The van der Waals surface area contributed by atoms with E-state index in [0.717, 1.165) is 11.4 Å². The summed E-state index contributed by atoms with van der Waals surface area (Å²) in [6.45, 7) is 4.90. The largest absolute Gasteiger partial charge is 0.492 e. The van der Waals surface area contributed by atoms with Crippen LogP contribution in [-0.4, -0.2) is 29.0 Å². The topological polar surface area (TPSA) is 90.1 Å². The molecular formula is C16H20N4O2. The van der Waals surface area contributed by atoms with Gasteiger partial charge in [0.2, 0.25) is 0 Å². The molecule has 6 heteroatoms. The lowest BCUT2D eigenvalue weighted by atomic mass is 10.0. The maximum atomic E-state index is 12.4. The molecule has 0 aliphatic rings. The van der Waals surface area contributed by atoms with Gasteiger partial charge in [-0.25, -0.2) is 9.97 Å². The van der Waals surface area contributed by atoms with E-state index >= 15 is 0 Å². The SMILES string of the molecule is CC(C)c1ncncc1C(=O)Nc1ccc(OCCN)cc1. The smallest absolute Gasteiger partial charge is 0.259 e. The van der Waals surface area contributed by atoms with Crippen molar-refractivity contribution in [2.75, 3.05) is 18.5 Å². The molecule has 0 unspecified atom stereocenters. The molecule has 116 valence electrons. The highest BCUT2D eigenvalue weighted by atomic mass is 16.5. The van der Waals surface area contributed by atoms with E-state index in [1.165, 1.54) is 12.5 Å². The Hall–Kier alpha value is -2.47. The van der Waals surface area contributed by atoms with E-state index in [-0.39, 0.29) is 11.8 Å². The molecule has 1 aromatic carbocycles. The van der Waals surface area contributed by atoms with Gasteiger partial charge in [0.05, 0.1) is 11.3 Å². The first-order valence-electron chi connectivity index (χ1n) is 7.16. The van der Waals surface area contributed by atoms with E-state index in [2.05, 4.69) is 15.3 Å². The molecule has 0 aliphatic carbocycles. The quantitative estimate of drug-likeness (QED) is 0.853. The number of anilines is 1. The fourth-order valence-electron chi connectivity index (χ4n) is 1.98. The van der Waals surface area contributed by atoms with Crippen molar-refractivity contribution in [1.29, 1.82) is 0 Å². The Morgan fingerprint density at radius 3 is 2.68 bits per heavy atom. The zero-order valence-electron chi connectivity index (χ0n) is 12.7. The predicted octanol–water partition coefficient (Wildman–Crippen LogP) is 2.19. The number of nitrogens with two attached hydrogens (primary N) is 1. The Bertz CT molecular complexity index is 626. The summed E-state index contributed by atoms with van der Waals surface area (Å²) in [6, 6.07) is 7.14. The van der Waals surface area contributed by atoms with Crippen molar-refractivity contribution in [3.8, 4) is 5.75 Å². The van der Waals surface area contributed by atoms with Crippen LogP contribution in [0.4, 0.5) is 5.69 Å². The number of hydrogen-bond acceptors (Lipinski definition) is 5. The van der Waals surface area contributed by atoms with Gasteiger partial charge in [-0.15, -0.1) is 0 Å². The van der Waals surface area contributed by atoms with E-state index in [0.29, 0.717) is 24.4 Å². The normalized spacial score (nSPS) is 10.5. The lowest BCUT2D eigenvalue weighted by Gasteiger charge is -2.11. The summed E-state index contributed by atoms with van der Waals surface area (Å²) in [6.07, 6.45) is 2.99. The molecule has 2 aromatic rings. The van der Waals surface area contributed by atoms with Gasteiger partial charge in [-0.1, -0.05) is 13.8 Å². The molecule has 0 atom stereocenters. The van der Waals surface area contributed by atoms with Crippen molar-refractivity contribution in [3.63, 3.8) is 0 Å². The van der Waals surface area contributed by atoms with Crippen molar-refractivity contribution >= 4 is 11.6 Å². The van der Waals surface area contributed by atoms with Crippen LogP contribution in [0.5, 0.6) is 5.75 Å². The van der Waals surface area contributed by atoms with Crippen LogP contribution in [-0.2, 0) is 0 Å². The van der Waals surface area contributed by atoms with E-state index in [4.69, 9.17) is 10.5 Å². The molecule has 0 saturated heterocycles. The standard InChI is InChI=1S/C16H20N4O2/c1-11(2)15-14(9-18-10-19-15)16(21)20-12-3-5-13(6-4-12)22-8-7-17/h3-6,9-11H,7-8,17H2,1-2H3,(H,20,21). The molecule has 3 N–H and O–H groups in total. The maximum absolute atomic E-state index is 12.4. The molecule has 0 spiro atoms. The zero-order chi connectivity index (χ0) is 15.9. The number of benzene rings is 1. The zero-order valence-corrected chi connectivity index (χ0v) is 12.7. The fourth-order valence-corrected chi connectivity index (χ4v) is 1.98. The third kappa shape index (κ3) is 4.02. The Kier molecular flexibility index (Phi) is 5.43. The van der Waals surface area contributed by atoms with E-state index in [1.807, 2.05) is 13.8 Å². The Balaban J connectivity index is 2.09. The summed E-state index contributed by atoms with van der Waals surface area (Å²) in [4.78, 5) is 20.5. The van der Waals surface area contributed by atoms with Crippen LogP contribution in [0.2, 0.25) is 0 Å². The second-order valence-electron chi connectivity index (χ2n) is 5.09. The lowest BCUT2D eigenvalue weighted by Crippen LogP contribution is -2.16. The molecule has 1 aromatic heterocycles. The van der Waals surface area contributed by atoms with Gasteiger partial charge in [0.1, 0.15) is 18.7 Å². The number of nitrogens with zero attached hydrogens (tertiary/aromatic N) is 2. The van der Waals surface area contributed by atoms with E-state index in [1.54, 1.807) is 24.3 Å². The third-order valence-corrected chi connectivity index (χ3v) is 3.03. The second kappa shape index (κ2) is 7.51. The molecular weight excluding hydrogens is 280 g/mol. The van der Waals surface area contributed by atoms with Gasteiger partial charge in [0, 0.05) is 18.4 Å². The summed E-state index contributed by atoms with van der Waals surface area (Å²) in [5.41, 5.74) is 7.28. The summed E-state index contributed by atoms with van der Waals surface area (Å²) >= 11 is 0. The highest BCUT2D eigenvalue weighted by Crippen LogP contribution is 2.19. The van der Waals surface area contributed by atoms with Gasteiger partial charge in [-0.05, 0) is 30.2 Å². The first-order valence-corrected chi connectivity index (χ1v) is 7.16. The Labute approximate surface area is 129 Å². The Morgan fingerprint density at radius 1 is 1.32 bits per heavy atom. The molecule has 1 heterocycles. The van der Waals surface area contributed by atoms with Gasteiger partial charge in [0.15, 0.2) is 0 Å². The number of ether oxygens (including phenoxy) is 1. The number of amides is 1. The van der Waals surface area contributed by atoms with Gasteiger partial charge in [-0.3, -0.25) is 4.79 Å². The summed E-state index contributed by atoms with van der Waals surface area (Å²) in [7, 11) is 0. The van der Waals surface area contributed by atoms with Crippen LogP contribution in [0.3, 0.4) is 0 Å². The van der Waals surface area contributed by atoms with Crippen LogP contribution in [0.25, 0.3) is 0 Å². The number of hydrogen-bond donors (Lipinski definition) is 2. The number of nitrogens with one attached hydrogen (secondary N) is 1. The van der Waals surface area contributed by atoms with Crippen molar-refractivity contribution < 1.29 is 9.53 Å². The average molecular weight is 300 g/mol.